The van der Waals surface area contributed by atoms with Crippen LogP contribution in [-0.2, 0) is 15.9 Å². The second-order valence-electron chi connectivity index (χ2n) is 8.60. The largest absolute Gasteiger partial charge is 0.491 e. The fraction of sp³-hybridized carbons (Fsp3) is 0.520. The smallest absolute Gasteiger partial charge is 0.119 e. The molecule has 2 N–H and O–H groups in total. The van der Waals surface area contributed by atoms with E-state index >= 15 is 0 Å². The number of hydrogen-bond donors (Lipinski definition) is 2. The van der Waals surface area contributed by atoms with Gasteiger partial charge in [-0.05, 0) is 54.2 Å². The first-order chi connectivity index (χ1) is 15.0. The van der Waals surface area contributed by atoms with Gasteiger partial charge in [-0.15, -0.1) is 0 Å². The standard InChI is InChI=1S/C25H31ClO5/c1-16-23(28)14-24(31-25(16)15-27)18-4-9-22(26)19(13-18)12-17-2-5-20(6-3-17)29-10-11-30-21-7-8-21/h2-6,9,13,16,21,23-25,27-28H,7-8,10-12,14-15H2,1H3. The maximum Gasteiger partial charge on any atom is 0.119 e. The van der Waals surface area contributed by atoms with E-state index in [1.165, 1.54) is 12.8 Å². The molecular formula is C25H31ClO5. The molecule has 2 aromatic carbocycles. The number of halogens is 1. The normalized spacial score (nSPS) is 26.1. The summed E-state index contributed by atoms with van der Waals surface area (Å²) in [6.45, 7) is 2.99. The molecule has 168 valence electrons. The van der Waals surface area contributed by atoms with Crippen LogP contribution in [0.4, 0.5) is 0 Å². The van der Waals surface area contributed by atoms with E-state index in [2.05, 4.69) is 0 Å². The van der Waals surface area contributed by atoms with Crippen molar-refractivity contribution in [3.63, 3.8) is 0 Å². The van der Waals surface area contributed by atoms with Crippen molar-refractivity contribution < 1.29 is 24.4 Å². The van der Waals surface area contributed by atoms with Gasteiger partial charge in [-0.3, -0.25) is 0 Å². The highest BCUT2D eigenvalue weighted by molar-refractivity contribution is 6.31. The van der Waals surface area contributed by atoms with Crippen LogP contribution >= 0.6 is 11.6 Å². The summed E-state index contributed by atoms with van der Waals surface area (Å²) in [5.74, 6) is 0.741. The van der Waals surface area contributed by atoms with Crippen molar-refractivity contribution in [1.29, 1.82) is 0 Å². The molecule has 2 aliphatic rings. The van der Waals surface area contributed by atoms with Crippen molar-refractivity contribution >= 4 is 11.6 Å². The summed E-state index contributed by atoms with van der Waals surface area (Å²) in [7, 11) is 0. The molecule has 6 heteroatoms. The topological polar surface area (TPSA) is 68.2 Å². The highest BCUT2D eigenvalue weighted by atomic mass is 35.5. The third-order valence-corrected chi connectivity index (χ3v) is 6.53. The van der Waals surface area contributed by atoms with Crippen molar-refractivity contribution in [3.8, 4) is 5.75 Å². The highest BCUT2D eigenvalue weighted by Crippen LogP contribution is 2.36. The van der Waals surface area contributed by atoms with Gasteiger partial charge >= 0.3 is 0 Å². The highest BCUT2D eigenvalue weighted by Gasteiger charge is 2.35. The van der Waals surface area contributed by atoms with Gasteiger partial charge in [0, 0.05) is 17.4 Å². The quantitative estimate of drug-likeness (QED) is 0.562. The van der Waals surface area contributed by atoms with Gasteiger partial charge in [-0.1, -0.05) is 42.8 Å². The summed E-state index contributed by atoms with van der Waals surface area (Å²) in [6, 6.07) is 13.9. The van der Waals surface area contributed by atoms with Gasteiger partial charge in [0.05, 0.1) is 37.6 Å². The minimum absolute atomic E-state index is 0.0889. The van der Waals surface area contributed by atoms with Crippen LogP contribution < -0.4 is 4.74 Å². The first kappa shape index (κ1) is 22.6. The monoisotopic (exact) mass is 446 g/mol. The van der Waals surface area contributed by atoms with Crippen LogP contribution in [0, 0.1) is 5.92 Å². The molecule has 4 unspecified atom stereocenters. The van der Waals surface area contributed by atoms with Gasteiger partial charge in [0.1, 0.15) is 12.4 Å². The second kappa shape index (κ2) is 10.3. The number of aliphatic hydroxyl groups is 2. The van der Waals surface area contributed by atoms with Gasteiger partial charge < -0.3 is 24.4 Å². The van der Waals surface area contributed by atoms with Gasteiger partial charge in [-0.2, -0.15) is 0 Å². The van der Waals surface area contributed by atoms with Crippen molar-refractivity contribution in [3.05, 3.63) is 64.2 Å². The first-order valence-corrected chi connectivity index (χ1v) is 11.5. The average Bonchev–Trinajstić information content (AvgIpc) is 3.60. The molecular weight excluding hydrogens is 416 g/mol. The number of benzene rings is 2. The molecule has 4 rings (SSSR count). The molecule has 0 aromatic heterocycles. The van der Waals surface area contributed by atoms with Gasteiger partial charge in [0.25, 0.3) is 0 Å². The lowest BCUT2D eigenvalue weighted by Crippen LogP contribution is -2.41. The lowest BCUT2D eigenvalue weighted by molar-refractivity contribution is -0.147. The second-order valence-corrected chi connectivity index (χ2v) is 9.01. The van der Waals surface area contributed by atoms with Gasteiger partial charge in [0.2, 0.25) is 0 Å². The van der Waals surface area contributed by atoms with Crippen molar-refractivity contribution in [2.75, 3.05) is 19.8 Å². The van der Waals surface area contributed by atoms with E-state index in [-0.39, 0.29) is 24.7 Å². The molecule has 4 atom stereocenters. The minimum Gasteiger partial charge on any atom is -0.491 e. The van der Waals surface area contributed by atoms with E-state index < -0.39 is 6.10 Å². The van der Waals surface area contributed by atoms with Gasteiger partial charge in [0.15, 0.2) is 0 Å². The molecule has 0 radical (unpaired) electrons. The molecule has 1 saturated heterocycles. The number of ether oxygens (including phenoxy) is 3. The Balaban J connectivity index is 1.38. The molecule has 2 fully saturated rings. The SMILES string of the molecule is CC1C(O)CC(c2ccc(Cl)c(Cc3ccc(OCCOC4CC4)cc3)c2)OC1CO. The van der Waals surface area contributed by atoms with E-state index in [1.54, 1.807) is 0 Å². The zero-order valence-corrected chi connectivity index (χ0v) is 18.6. The average molecular weight is 447 g/mol. The summed E-state index contributed by atoms with van der Waals surface area (Å²) >= 11 is 6.47. The van der Waals surface area contributed by atoms with Crippen LogP contribution in [0.25, 0.3) is 0 Å². The summed E-state index contributed by atoms with van der Waals surface area (Å²) in [4.78, 5) is 0. The Bertz CT molecular complexity index is 851. The third-order valence-electron chi connectivity index (χ3n) is 6.16. The van der Waals surface area contributed by atoms with Crippen LogP contribution in [0.1, 0.15) is 49.0 Å². The third kappa shape index (κ3) is 5.99. The zero-order valence-electron chi connectivity index (χ0n) is 17.9. The van der Waals surface area contributed by atoms with Crippen molar-refractivity contribution in [2.45, 2.75) is 57.0 Å². The number of aliphatic hydroxyl groups excluding tert-OH is 2. The van der Waals surface area contributed by atoms with Crippen LogP contribution in [0.5, 0.6) is 5.75 Å². The number of hydrogen-bond acceptors (Lipinski definition) is 5. The zero-order chi connectivity index (χ0) is 21.8. The van der Waals surface area contributed by atoms with Crippen LogP contribution in [0.3, 0.4) is 0 Å². The van der Waals surface area contributed by atoms with Crippen molar-refractivity contribution in [1.82, 2.24) is 0 Å². The maximum absolute atomic E-state index is 10.4. The number of rotatable bonds is 9. The first-order valence-electron chi connectivity index (χ1n) is 11.1. The molecule has 2 aromatic rings. The Hall–Kier alpha value is -1.63. The molecule has 5 nitrogen and oxygen atoms in total. The Morgan fingerprint density at radius 1 is 1.10 bits per heavy atom. The minimum atomic E-state index is -0.503. The predicted molar refractivity (Wildman–Crippen MR) is 120 cm³/mol. The lowest BCUT2D eigenvalue weighted by atomic mass is 9.87. The molecule has 0 bridgehead atoms. The summed E-state index contributed by atoms with van der Waals surface area (Å²) < 4.78 is 17.4. The summed E-state index contributed by atoms with van der Waals surface area (Å²) in [5.41, 5.74) is 3.11. The fourth-order valence-electron chi connectivity index (χ4n) is 3.96. The van der Waals surface area contributed by atoms with E-state index in [9.17, 15) is 10.2 Å². The Kier molecular flexibility index (Phi) is 7.51. The van der Waals surface area contributed by atoms with Gasteiger partial charge in [-0.25, -0.2) is 0 Å². The van der Waals surface area contributed by atoms with E-state index in [1.807, 2.05) is 49.4 Å². The van der Waals surface area contributed by atoms with Crippen LogP contribution in [0.15, 0.2) is 42.5 Å². The summed E-state index contributed by atoms with van der Waals surface area (Å²) in [5, 5.41) is 20.6. The Morgan fingerprint density at radius 2 is 1.87 bits per heavy atom. The summed E-state index contributed by atoms with van der Waals surface area (Å²) in [6.07, 6.45) is 2.87. The molecule has 1 aliphatic heterocycles. The molecule has 1 saturated carbocycles. The Labute approximate surface area is 188 Å². The Morgan fingerprint density at radius 3 is 2.58 bits per heavy atom. The van der Waals surface area contributed by atoms with E-state index in [4.69, 9.17) is 25.8 Å². The maximum atomic E-state index is 10.4. The molecule has 1 heterocycles. The van der Waals surface area contributed by atoms with Crippen molar-refractivity contribution in [2.24, 2.45) is 5.92 Å². The van der Waals surface area contributed by atoms with Crippen LogP contribution in [-0.4, -0.2) is 48.3 Å². The van der Waals surface area contributed by atoms with E-state index in [0.29, 0.717) is 37.2 Å². The fourth-order valence-corrected chi connectivity index (χ4v) is 4.14. The molecule has 31 heavy (non-hydrogen) atoms. The molecule has 0 spiro atoms. The predicted octanol–water partition coefficient (Wildman–Crippen LogP) is 4.31. The van der Waals surface area contributed by atoms with E-state index in [0.717, 1.165) is 22.4 Å². The van der Waals surface area contributed by atoms with Crippen LogP contribution in [0.2, 0.25) is 5.02 Å². The molecule has 1 aliphatic carbocycles. The lowest BCUT2D eigenvalue weighted by Gasteiger charge is -2.37. The molecule has 0 amide bonds.